The Bertz CT molecular complexity index is 553. The van der Waals surface area contributed by atoms with E-state index >= 15 is 0 Å². The number of amides is 1. The highest BCUT2D eigenvalue weighted by atomic mass is 79.9. The van der Waals surface area contributed by atoms with Crippen LogP contribution in [0.25, 0.3) is 0 Å². The van der Waals surface area contributed by atoms with E-state index in [9.17, 15) is 4.79 Å². The van der Waals surface area contributed by atoms with Crippen LogP contribution in [0.2, 0.25) is 0 Å². The number of carbonyl (C=O) groups is 1. The van der Waals surface area contributed by atoms with Gasteiger partial charge in [0.1, 0.15) is 0 Å². The fraction of sp³-hybridized carbons (Fsp3) is 0.357. The van der Waals surface area contributed by atoms with Gasteiger partial charge in [-0.1, -0.05) is 6.07 Å². The monoisotopic (exact) mass is 372 g/mol. The van der Waals surface area contributed by atoms with Crippen LogP contribution in [0, 0.1) is 0 Å². The third kappa shape index (κ3) is 4.41. The van der Waals surface area contributed by atoms with Gasteiger partial charge in [0.05, 0.1) is 16.4 Å². The first kappa shape index (κ1) is 15.7. The summed E-state index contributed by atoms with van der Waals surface area (Å²) < 4.78 is 1.12. The lowest BCUT2D eigenvalue weighted by Gasteiger charge is -2.23. The van der Waals surface area contributed by atoms with E-state index in [0.29, 0.717) is 6.54 Å². The molecule has 2 heterocycles. The molecule has 3 nitrogen and oxygen atoms in total. The number of hydrogen-bond acceptors (Lipinski definition) is 4. The number of nitrogens with zero attached hydrogens (tertiary/aromatic N) is 1. The van der Waals surface area contributed by atoms with E-state index < -0.39 is 0 Å². The van der Waals surface area contributed by atoms with Crippen molar-refractivity contribution < 1.29 is 4.79 Å². The predicted octanol–water partition coefficient (Wildman–Crippen LogP) is 3.71. The standard InChI is InChI=1S/C14H17BrN2OS2/c1-10(14(18)16-8-11-4-3-7-19-11)17(2)9-12-5-6-13(15)20-12/h3-7,10H,8-9H2,1-2H3,(H,16,18). The Hall–Kier alpha value is -0.690. The van der Waals surface area contributed by atoms with Gasteiger partial charge < -0.3 is 5.32 Å². The molecule has 1 amide bonds. The first-order chi connectivity index (χ1) is 9.56. The fourth-order valence-electron chi connectivity index (χ4n) is 1.75. The van der Waals surface area contributed by atoms with Crippen LogP contribution in [-0.4, -0.2) is 23.9 Å². The maximum atomic E-state index is 12.1. The molecule has 0 aliphatic rings. The number of thiophene rings is 2. The Balaban J connectivity index is 1.82. The molecule has 0 radical (unpaired) electrons. The Morgan fingerprint density at radius 3 is 2.80 bits per heavy atom. The van der Waals surface area contributed by atoms with Gasteiger partial charge in [-0.3, -0.25) is 9.69 Å². The Kier molecular flexibility index (Phi) is 5.77. The molecule has 0 bridgehead atoms. The van der Waals surface area contributed by atoms with E-state index in [4.69, 9.17) is 0 Å². The van der Waals surface area contributed by atoms with Crippen LogP contribution in [0.4, 0.5) is 0 Å². The summed E-state index contributed by atoms with van der Waals surface area (Å²) in [7, 11) is 1.98. The van der Waals surface area contributed by atoms with Crippen molar-refractivity contribution >= 4 is 44.5 Å². The highest BCUT2D eigenvalue weighted by Gasteiger charge is 2.18. The van der Waals surface area contributed by atoms with Crippen molar-refractivity contribution in [3.63, 3.8) is 0 Å². The van der Waals surface area contributed by atoms with Gasteiger partial charge in [0.2, 0.25) is 5.91 Å². The normalized spacial score (nSPS) is 12.6. The molecule has 0 spiro atoms. The van der Waals surface area contributed by atoms with Gasteiger partial charge in [0.15, 0.2) is 0 Å². The van der Waals surface area contributed by atoms with E-state index in [1.807, 2.05) is 37.6 Å². The average molecular weight is 373 g/mol. The number of rotatable bonds is 6. The van der Waals surface area contributed by atoms with Crippen molar-refractivity contribution in [2.45, 2.75) is 26.1 Å². The van der Waals surface area contributed by atoms with Crippen molar-refractivity contribution in [1.82, 2.24) is 10.2 Å². The zero-order chi connectivity index (χ0) is 14.5. The van der Waals surface area contributed by atoms with Crippen LogP contribution in [0.15, 0.2) is 33.4 Å². The van der Waals surface area contributed by atoms with Gasteiger partial charge in [0, 0.05) is 16.3 Å². The van der Waals surface area contributed by atoms with E-state index in [1.165, 1.54) is 9.75 Å². The summed E-state index contributed by atoms with van der Waals surface area (Å²) in [6.45, 7) is 3.33. The first-order valence-electron chi connectivity index (χ1n) is 6.31. The van der Waals surface area contributed by atoms with Crippen molar-refractivity contribution in [2.24, 2.45) is 0 Å². The number of carbonyl (C=O) groups excluding carboxylic acids is 1. The highest BCUT2D eigenvalue weighted by Crippen LogP contribution is 2.23. The highest BCUT2D eigenvalue weighted by molar-refractivity contribution is 9.11. The Labute approximate surface area is 135 Å². The number of likely N-dealkylation sites (N-methyl/N-ethyl adjacent to an activating group) is 1. The predicted molar refractivity (Wildman–Crippen MR) is 89.1 cm³/mol. The topological polar surface area (TPSA) is 32.3 Å². The third-order valence-electron chi connectivity index (χ3n) is 3.09. The van der Waals surface area contributed by atoms with Crippen LogP contribution in [-0.2, 0) is 17.9 Å². The molecule has 1 atom stereocenters. The lowest BCUT2D eigenvalue weighted by molar-refractivity contribution is -0.125. The second-order valence-electron chi connectivity index (χ2n) is 4.59. The molecule has 1 N–H and O–H groups in total. The molecular weight excluding hydrogens is 356 g/mol. The summed E-state index contributed by atoms with van der Waals surface area (Å²) in [5, 5.41) is 5.00. The van der Waals surface area contributed by atoms with Crippen LogP contribution in [0.5, 0.6) is 0 Å². The van der Waals surface area contributed by atoms with Crippen molar-refractivity contribution in [2.75, 3.05) is 7.05 Å². The van der Waals surface area contributed by atoms with Crippen LogP contribution in [0.3, 0.4) is 0 Å². The lowest BCUT2D eigenvalue weighted by Crippen LogP contribution is -2.42. The molecule has 0 aliphatic heterocycles. The Morgan fingerprint density at radius 2 is 2.20 bits per heavy atom. The molecule has 0 saturated carbocycles. The van der Waals surface area contributed by atoms with Gasteiger partial charge in [-0.2, -0.15) is 0 Å². The van der Waals surface area contributed by atoms with Crippen molar-refractivity contribution in [3.05, 3.63) is 43.2 Å². The molecule has 2 aromatic rings. The molecule has 0 saturated heterocycles. The van der Waals surface area contributed by atoms with Gasteiger partial charge in [0.25, 0.3) is 0 Å². The zero-order valence-corrected chi connectivity index (χ0v) is 14.6. The molecule has 0 aliphatic carbocycles. The zero-order valence-electron chi connectivity index (χ0n) is 11.4. The van der Waals surface area contributed by atoms with E-state index in [0.717, 1.165) is 10.3 Å². The maximum Gasteiger partial charge on any atom is 0.237 e. The SMILES string of the molecule is CC(C(=O)NCc1cccs1)N(C)Cc1ccc(Br)s1. The Morgan fingerprint density at radius 1 is 1.40 bits per heavy atom. The van der Waals surface area contributed by atoms with Gasteiger partial charge in [-0.15, -0.1) is 22.7 Å². The number of nitrogens with one attached hydrogen (secondary N) is 1. The molecule has 0 aromatic carbocycles. The molecule has 20 heavy (non-hydrogen) atoms. The van der Waals surface area contributed by atoms with Crippen LogP contribution < -0.4 is 5.32 Å². The molecule has 2 aromatic heterocycles. The third-order valence-corrected chi connectivity index (χ3v) is 5.58. The summed E-state index contributed by atoms with van der Waals surface area (Å²) in [6, 6.07) is 8.01. The molecule has 108 valence electrons. The minimum Gasteiger partial charge on any atom is -0.350 e. The minimum absolute atomic E-state index is 0.0662. The summed E-state index contributed by atoms with van der Waals surface area (Å²) in [6.07, 6.45) is 0. The molecule has 6 heteroatoms. The van der Waals surface area contributed by atoms with Gasteiger partial charge >= 0.3 is 0 Å². The molecular formula is C14H17BrN2OS2. The minimum atomic E-state index is -0.143. The quantitative estimate of drug-likeness (QED) is 0.837. The largest absolute Gasteiger partial charge is 0.350 e. The van der Waals surface area contributed by atoms with E-state index in [1.54, 1.807) is 22.7 Å². The van der Waals surface area contributed by atoms with Gasteiger partial charge in [-0.25, -0.2) is 0 Å². The number of hydrogen-bond donors (Lipinski definition) is 1. The van der Waals surface area contributed by atoms with Crippen molar-refractivity contribution in [1.29, 1.82) is 0 Å². The summed E-state index contributed by atoms with van der Waals surface area (Å²) in [4.78, 5) is 16.6. The van der Waals surface area contributed by atoms with E-state index in [-0.39, 0.29) is 11.9 Å². The van der Waals surface area contributed by atoms with Crippen molar-refractivity contribution in [3.8, 4) is 0 Å². The molecule has 0 fully saturated rings. The fourth-order valence-corrected chi connectivity index (χ4v) is 3.95. The maximum absolute atomic E-state index is 12.1. The summed E-state index contributed by atoms with van der Waals surface area (Å²) in [5.41, 5.74) is 0. The average Bonchev–Trinajstić information content (AvgIpc) is 3.06. The lowest BCUT2D eigenvalue weighted by atomic mass is 10.2. The second-order valence-corrected chi connectivity index (χ2v) is 8.17. The van der Waals surface area contributed by atoms with Gasteiger partial charge in [-0.05, 0) is 53.5 Å². The van der Waals surface area contributed by atoms with Crippen LogP contribution >= 0.6 is 38.6 Å². The summed E-state index contributed by atoms with van der Waals surface area (Å²) >= 11 is 6.82. The smallest absolute Gasteiger partial charge is 0.237 e. The molecule has 1 unspecified atom stereocenters. The summed E-state index contributed by atoms with van der Waals surface area (Å²) in [5.74, 6) is 0.0662. The van der Waals surface area contributed by atoms with E-state index in [2.05, 4.69) is 32.2 Å². The first-order valence-corrected chi connectivity index (χ1v) is 8.79. The molecule has 2 rings (SSSR count). The van der Waals surface area contributed by atoms with Crippen LogP contribution in [0.1, 0.15) is 16.7 Å². The second kappa shape index (κ2) is 7.36. The number of halogens is 1.